The third kappa shape index (κ3) is 4.69. The van der Waals surface area contributed by atoms with Gasteiger partial charge in [0.25, 0.3) is 0 Å². The van der Waals surface area contributed by atoms with Crippen LogP contribution in [0.4, 0.5) is 0 Å². The van der Waals surface area contributed by atoms with Crippen molar-refractivity contribution >= 4 is 11.8 Å². The number of piperidine rings is 1. The molecule has 2 amide bonds. The minimum atomic E-state index is 0.000559. The van der Waals surface area contributed by atoms with E-state index in [9.17, 15) is 9.59 Å². The molecular formula is C18H31N3O2. The second kappa shape index (κ2) is 7.65. The summed E-state index contributed by atoms with van der Waals surface area (Å²) < 4.78 is 0. The summed E-state index contributed by atoms with van der Waals surface area (Å²) >= 11 is 0. The fraction of sp³-hybridized carbons (Fsp3) is 0.889. The van der Waals surface area contributed by atoms with Gasteiger partial charge in [0.05, 0.1) is 5.92 Å². The summed E-state index contributed by atoms with van der Waals surface area (Å²) in [5.74, 6) is 1.11. The van der Waals surface area contributed by atoms with Gasteiger partial charge in [-0.15, -0.1) is 0 Å². The second-order valence-electron chi connectivity index (χ2n) is 7.68. The van der Waals surface area contributed by atoms with Crippen molar-refractivity contribution in [1.82, 2.24) is 15.1 Å². The molecule has 2 atom stereocenters. The van der Waals surface area contributed by atoms with Crippen LogP contribution in [0, 0.1) is 11.8 Å². The molecule has 3 fully saturated rings. The first-order valence-electron chi connectivity index (χ1n) is 9.39. The minimum Gasteiger partial charge on any atom is -0.356 e. The number of nitrogens with zero attached hydrogens (tertiary/aromatic N) is 2. The highest BCUT2D eigenvalue weighted by Gasteiger charge is 2.30. The van der Waals surface area contributed by atoms with Gasteiger partial charge >= 0.3 is 0 Å². The molecular weight excluding hydrogens is 290 g/mol. The molecule has 23 heavy (non-hydrogen) atoms. The van der Waals surface area contributed by atoms with E-state index in [-0.39, 0.29) is 17.7 Å². The van der Waals surface area contributed by atoms with Gasteiger partial charge in [0.1, 0.15) is 0 Å². The molecule has 0 bridgehead atoms. The number of hydrogen-bond donors (Lipinski definition) is 1. The van der Waals surface area contributed by atoms with Crippen molar-refractivity contribution in [3.05, 3.63) is 0 Å². The monoisotopic (exact) mass is 321 g/mol. The van der Waals surface area contributed by atoms with E-state index in [4.69, 9.17) is 0 Å². The summed E-state index contributed by atoms with van der Waals surface area (Å²) in [6, 6.07) is 0.571. The van der Waals surface area contributed by atoms with Gasteiger partial charge in [0.2, 0.25) is 11.8 Å². The van der Waals surface area contributed by atoms with E-state index >= 15 is 0 Å². The molecule has 3 aliphatic rings. The van der Waals surface area contributed by atoms with E-state index in [0.717, 1.165) is 38.9 Å². The normalized spacial score (nSPS) is 28.8. The Morgan fingerprint density at radius 2 is 1.87 bits per heavy atom. The SMILES string of the molecule is CN1CCCC1CCC(=O)N1CCCC(C(=O)NCC2CC2)C1. The van der Waals surface area contributed by atoms with Crippen molar-refractivity contribution in [2.75, 3.05) is 33.2 Å². The molecule has 130 valence electrons. The van der Waals surface area contributed by atoms with Gasteiger partial charge in [-0.05, 0) is 64.5 Å². The van der Waals surface area contributed by atoms with Crippen molar-refractivity contribution in [3.8, 4) is 0 Å². The Labute approximate surface area is 139 Å². The van der Waals surface area contributed by atoms with Gasteiger partial charge in [0, 0.05) is 32.1 Å². The van der Waals surface area contributed by atoms with Crippen LogP contribution in [-0.4, -0.2) is 60.9 Å². The largest absolute Gasteiger partial charge is 0.356 e. The third-order valence-corrected chi connectivity index (χ3v) is 5.77. The number of carbonyl (C=O) groups is 2. The maximum atomic E-state index is 12.5. The lowest BCUT2D eigenvalue weighted by Gasteiger charge is -2.32. The number of rotatable bonds is 6. The van der Waals surface area contributed by atoms with Gasteiger partial charge in [-0.25, -0.2) is 0 Å². The van der Waals surface area contributed by atoms with Gasteiger partial charge in [-0.2, -0.15) is 0 Å². The Hall–Kier alpha value is -1.10. The van der Waals surface area contributed by atoms with E-state index in [1.165, 1.54) is 25.7 Å². The van der Waals surface area contributed by atoms with E-state index < -0.39 is 0 Å². The van der Waals surface area contributed by atoms with Crippen LogP contribution in [0.3, 0.4) is 0 Å². The number of carbonyl (C=O) groups excluding carboxylic acids is 2. The molecule has 0 aromatic carbocycles. The molecule has 2 aliphatic heterocycles. The zero-order valence-electron chi connectivity index (χ0n) is 14.4. The fourth-order valence-corrected chi connectivity index (χ4v) is 3.92. The quantitative estimate of drug-likeness (QED) is 0.809. The molecule has 0 aromatic heterocycles. The van der Waals surface area contributed by atoms with E-state index in [1.807, 2.05) is 4.90 Å². The molecule has 2 unspecified atom stereocenters. The number of nitrogens with one attached hydrogen (secondary N) is 1. The topological polar surface area (TPSA) is 52.7 Å². The number of amides is 2. The first kappa shape index (κ1) is 16.7. The van der Waals surface area contributed by atoms with E-state index in [2.05, 4.69) is 17.3 Å². The van der Waals surface area contributed by atoms with E-state index in [1.54, 1.807) is 0 Å². The predicted octanol–water partition coefficient (Wildman–Crippen LogP) is 1.63. The molecule has 0 radical (unpaired) electrons. The summed E-state index contributed by atoms with van der Waals surface area (Å²) in [4.78, 5) is 29.0. The summed E-state index contributed by atoms with van der Waals surface area (Å²) in [7, 11) is 2.16. The third-order valence-electron chi connectivity index (χ3n) is 5.77. The molecule has 1 N–H and O–H groups in total. The highest BCUT2D eigenvalue weighted by atomic mass is 16.2. The highest BCUT2D eigenvalue weighted by Crippen LogP contribution is 2.28. The Bertz CT molecular complexity index is 436. The average Bonchev–Trinajstić information content (AvgIpc) is 3.31. The summed E-state index contributed by atoms with van der Waals surface area (Å²) in [5.41, 5.74) is 0. The first-order chi connectivity index (χ1) is 11.1. The molecule has 0 spiro atoms. The zero-order valence-corrected chi connectivity index (χ0v) is 14.4. The van der Waals surface area contributed by atoms with Crippen LogP contribution in [0.25, 0.3) is 0 Å². The molecule has 1 aliphatic carbocycles. The van der Waals surface area contributed by atoms with E-state index in [0.29, 0.717) is 24.9 Å². The van der Waals surface area contributed by atoms with Crippen LogP contribution < -0.4 is 5.32 Å². The van der Waals surface area contributed by atoms with Crippen LogP contribution in [0.2, 0.25) is 0 Å². The molecule has 2 heterocycles. The molecule has 5 nitrogen and oxygen atoms in total. The molecule has 5 heteroatoms. The van der Waals surface area contributed by atoms with Gasteiger partial charge in [-0.3, -0.25) is 9.59 Å². The van der Waals surface area contributed by atoms with Crippen molar-refractivity contribution in [2.45, 2.75) is 57.4 Å². The van der Waals surface area contributed by atoms with Crippen molar-refractivity contribution < 1.29 is 9.59 Å². The summed E-state index contributed by atoms with van der Waals surface area (Å²) in [6.45, 7) is 3.44. The Morgan fingerprint density at radius 1 is 1.09 bits per heavy atom. The van der Waals surface area contributed by atoms with Gasteiger partial charge in [-0.1, -0.05) is 0 Å². The molecule has 0 aromatic rings. The summed E-state index contributed by atoms with van der Waals surface area (Å²) in [6.07, 6.45) is 8.45. The maximum Gasteiger partial charge on any atom is 0.224 e. The van der Waals surface area contributed by atoms with Gasteiger partial charge < -0.3 is 15.1 Å². The van der Waals surface area contributed by atoms with Crippen LogP contribution in [0.15, 0.2) is 0 Å². The highest BCUT2D eigenvalue weighted by molar-refractivity contribution is 5.81. The fourth-order valence-electron chi connectivity index (χ4n) is 3.92. The number of hydrogen-bond acceptors (Lipinski definition) is 3. The van der Waals surface area contributed by atoms with Crippen LogP contribution in [0.1, 0.15) is 51.4 Å². The lowest BCUT2D eigenvalue weighted by atomic mass is 9.96. The lowest BCUT2D eigenvalue weighted by molar-refractivity contribution is -0.136. The smallest absolute Gasteiger partial charge is 0.224 e. The van der Waals surface area contributed by atoms with Crippen molar-refractivity contribution in [3.63, 3.8) is 0 Å². The average molecular weight is 321 g/mol. The maximum absolute atomic E-state index is 12.5. The Kier molecular flexibility index (Phi) is 5.57. The minimum absolute atomic E-state index is 0.000559. The van der Waals surface area contributed by atoms with Crippen LogP contribution in [0.5, 0.6) is 0 Å². The van der Waals surface area contributed by atoms with Crippen molar-refractivity contribution in [1.29, 1.82) is 0 Å². The molecule has 3 rings (SSSR count). The van der Waals surface area contributed by atoms with Gasteiger partial charge in [0.15, 0.2) is 0 Å². The van der Waals surface area contributed by atoms with Crippen molar-refractivity contribution in [2.24, 2.45) is 11.8 Å². The standard InChI is InChI=1S/C18H31N3O2/c1-20-10-3-5-16(20)8-9-17(22)21-11-2-4-15(13-21)18(23)19-12-14-6-7-14/h14-16H,2-13H2,1H3,(H,19,23). The Morgan fingerprint density at radius 3 is 2.57 bits per heavy atom. The van der Waals surface area contributed by atoms with Crippen LogP contribution in [-0.2, 0) is 9.59 Å². The van der Waals surface area contributed by atoms with Crippen LogP contribution >= 0.6 is 0 Å². The first-order valence-corrected chi connectivity index (χ1v) is 9.39. The Balaban J connectivity index is 1.41. The predicted molar refractivity (Wildman–Crippen MR) is 89.9 cm³/mol. The lowest BCUT2D eigenvalue weighted by Crippen LogP contribution is -2.46. The summed E-state index contributed by atoms with van der Waals surface area (Å²) in [5, 5.41) is 3.07. The molecule has 2 saturated heterocycles. The molecule has 1 saturated carbocycles. The number of likely N-dealkylation sites (tertiary alicyclic amines) is 2. The zero-order chi connectivity index (χ0) is 16.2. The second-order valence-corrected chi connectivity index (χ2v) is 7.68.